The number of carbonyl (C=O) groups is 1. The fourth-order valence-corrected chi connectivity index (χ4v) is 2.24. The lowest BCUT2D eigenvalue weighted by Crippen LogP contribution is -2.29. The Morgan fingerprint density at radius 1 is 0.833 bits per heavy atom. The van der Waals surface area contributed by atoms with Gasteiger partial charge in [-0.3, -0.25) is 0 Å². The molecule has 0 amide bonds. The van der Waals surface area contributed by atoms with Crippen molar-refractivity contribution < 1.29 is 38.0 Å². The summed E-state index contributed by atoms with van der Waals surface area (Å²) in [4.78, 5) is 11.5. The molecule has 0 radical (unpaired) electrons. The quantitative estimate of drug-likeness (QED) is 0.186. The van der Waals surface area contributed by atoms with Crippen molar-refractivity contribution in [1.82, 2.24) is 0 Å². The molecule has 8 heteroatoms. The van der Waals surface area contributed by atoms with Gasteiger partial charge >= 0.3 is 5.97 Å². The van der Waals surface area contributed by atoms with Crippen LogP contribution in [0.3, 0.4) is 0 Å². The van der Waals surface area contributed by atoms with Gasteiger partial charge in [-0.25, -0.2) is 4.79 Å². The van der Waals surface area contributed by atoms with E-state index in [0.717, 1.165) is 6.61 Å². The van der Waals surface area contributed by atoms with Crippen LogP contribution in [0.1, 0.15) is 41.5 Å². The molecule has 6 atom stereocenters. The molecule has 0 aromatic rings. The molecule has 0 saturated carbocycles. The highest BCUT2D eigenvalue weighted by Crippen LogP contribution is 2.09. The lowest BCUT2D eigenvalue weighted by molar-refractivity contribution is -0.148. The second-order valence-electron chi connectivity index (χ2n) is 8.06. The smallest absolute Gasteiger partial charge is 0.333 e. The predicted molar refractivity (Wildman–Crippen MR) is 113 cm³/mol. The topological polar surface area (TPSA) is 85.0 Å². The first kappa shape index (κ1) is 27.0. The largest absolute Gasteiger partial charge is 0.457 e. The molecule has 0 aromatic carbocycles. The number of esters is 1. The molecule has 1 saturated heterocycles. The van der Waals surface area contributed by atoms with Crippen LogP contribution in [-0.2, 0) is 38.0 Å². The van der Waals surface area contributed by atoms with Crippen molar-refractivity contribution in [3.63, 3.8) is 0 Å². The molecule has 0 aromatic heterocycles. The minimum atomic E-state index is -0.409. The first-order valence-corrected chi connectivity index (χ1v) is 10.7. The van der Waals surface area contributed by atoms with Gasteiger partial charge in [-0.2, -0.15) is 0 Å². The molecule has 8 nitrogen and oxygen atoms in total. The van der Waals surface area contributed by atoms with Crippen molar-refractivity contribution in [2.45, 2.75) is 78.2 Å². The number of hydrogen-bond acceptors (Lipinski definition) is 8. The normalized spacial score (nSPS) is 20.8. The van der Waals surface area contributed by atoms with Gasteiger partial charge < -0.3 is 33.2 Å². The Morgan fingerprint density at radius 2 is 1.23 bits per heavy atom. The zero-order chi connectivity index (χ0) is 22.5. The standard InChI is InChI=1S/C22H40O8/c1-15(2)22(23)30-20(7)12-28-19(6)11-27-18(5)10-26-17(4)9-25-16(3)8-24-13-21-14-29-21/h16-21H,1,8-14H2,2-7H3. The molecule has 1 rings (SSSR count). The molecule has 1 aliphatic heterocycles. The summed E-state index contributed by atoms with van der Waals surface area (Å²) in [7, 11) is 0. The van der Waals surface area contributed by atoms with E-state index in [9.17, 15) is 4.79 Å². The number of ether oxygens (including phenoxy) is 7. The van der Waals surface area contributed by atoms with E-state index in [2.05, 4.69) is 6.58 Å². The molecule has 176 valence electrons. The molecule has 0 aliphatic carbocycles. The minimum absolute atomic E-state index is 0.0125. The van der Waals surface area contributed by atoms with Crippen LogP contribution in [0.2, 0.25) is 0 Å². The minimum Gasteiger partial charge on any atom is -0.457 e. The van der Waals surface area contributed by atoms with Crippen molar-refractivity contribution >= 4 is 5.97 Å². The average Bonchev–Trinajstić information content (AvgIpc) is 3.51. The Balaban J connectivity index is 2.03. The van der Waals surface area contributed by atoms with Crippen LogP contribution in [0, 0.1) is 0 Å². The second kappa shape index (κ2) is 14.9. The van der Waals surface area contributed by atoms with Crippen LogP contribution in [-0.4, -0.2) is 88.8 Å². The summed E-state index contributed by atoms with van der Waals surface area (Å²) in [6.45, 7) is 18.4. The molecule has 6 unspecified atom stereocenters. The molecular formula is C22H40O8. The molecule has 1 aliphatic rings. The van der Waals surface area contributed by atoms with E-state index >= 15 is 0 Å². The average molecular weight is 433 g/mol. The van der Waals surface area contributed by atoms with Crippen molar-refractivity contribution in [2.24, 2.45) is 0 Å². The molecule has 0 bridgehead atoms. The highest BCUT2D eigenvalue weighted by atomic mass is 16.6. The number of rotatable bonds is 18. The summed E-state index contributed by atoms with van der Waals surface area (Å²) >= 11 is 0. The third-order valence-electron chi connectivity index (χ3n) is 4.18. The van der Waals surface area contributed by atoms with Gasteiger partial charge in [0.2, 0.25) is 0 Å². The molecule has 30 heavy (non-hydrogen) atoms. The van der Waals surface area contributed by atoms with Crippen molar-refractivity contribution in [2.75, 3.05) is 46.2 Å². The predicted octanol–water partition coefficient (Wildman–Crippen LogP) is 2.53. The number of hydrogen-bond donors (Lipinski definition) is 0. The summed E-state index contributed by atoms with van der Waals surface area (Å²) in [5.41, 5.74) is 0.373. The number of epoxide rings is 1. The Morgan fingerprint density at radius 3 is 1.63 bits per heavy atom. The van der Waals surface area contributed by atoms with Gasteiger partial charge in [0, 0.05) is 5.57 Å². The van der Waals surface area contributed by atoms with Gasteiger partial charge in [-0.1, -0.05) is 6.58 Å². The summed E-state index contributed by atoms with van der Waals surface area (Å²) < 4.78 is 38.7. The van der Waals surface area contributed by atoms with Gasteiger partial charge in [0.05, 0.1) is 70.7 Å². The van der Waals surface area contributed by atoms with Gasteiger partial charge in [-0.05, 0) is 41.5 Å². The molecule has 1 heterocycles. The summed E-state index contributed by atoms with van der Waals surface area (Å²) in [5.74, 6) is -0.409. The van der Waals surface area contributed by atoms with E-state index in [0.29, 0.717) is 45.2 Å². The summed E-state index contributed by atoms with van der Waals surface area (Å²) in [6.07, 6.45) is -0.288. The van der Waals surface area contributed by atoms with Gasteiger partial charge in [0.15, 0.2) is 0 Å². The molecule has 0 spiro atoms. The lowest BCUT2D eigenvalue weighted by Gasteiger charge is -2.22. The zero-order valence-corrected chi connectivity index (χ0v) is 19.4. The zero-order valence-electron chi connectivity index (χ0n) is 19.4. The fourth-order valence-electron chi connectivity index (χ4n) is 2.24. The molecule has 1 fully saturated rings. The van der Waals surface area contributed by atoms with Crippen molar-refractivity contribution in [3.8, 4) is 0 Å². The van der Waals surface area contributed by atoms with Gasteiger partial charge in [-0.15, -0.1) is 0 Å². The van der Waals surface area contributed by atoms with Crippen LogP contribution in [0.25, 0.3) is 0 Å². The Kier molecular flexibility index (Phi) is 13.4. The highest BCUT2D eigenvalue weighted by Gasteiger charge is 2.22. The van der Waals surface area contributed by atoms with Crippen LogP contribution in [0.5, 0.6) is 0 Å². The Labute approximate surface area is 181 Å². The SMILES string of the molecule is C=C(C)C(=O)OC(C)COC(C)COC(C)COC(C)COC(C)COCC1CO1. The van der Waals surface area contributed by atoms with E-state index in [1.54, 1.807) is 13.8 Å². The highest BCUT2D eigenvalue weighted by molar-refractivity contribution is 5.87. The third kappa shape index (κ3) is 14.1. The van der Waals surface area contributed by atoms with Crippen LogP contribution >= 0.6 is 0 Å². The molecule has 0 N–H and O–H groups in total. The number of carbonyl (C=O) groups excluding carboxylic acids is 1. The maximum absolute atomic E-state index is 11.5. The first-order valence-electron chi connectivity index (χ1n) is 10.7. The van der Waals surface area contributed by atoms with Crippen molar-refractivity contribution in [1.29, 1.82) is 0 Å². The van der Waals surface area contributed by atoms with Gasteiger partial charge in [0.25, 0.3) is 0 Å². The maximum atomic E-state index is 11.5. The second-order valence-corrected chi connectivity index (χ2v) is 8.06. The monoisotopic (exact) mass is 432 g/mol. The van der Waals surface area contributed by atoms with Gasteiger partial charge in [0.1, 0.15) is 12.2 Å². The van der Waals surface area contributed by atoms with E-state index in [-0.39, 0.29) is 36.6 Å². The first-order chi connectivity index (χ1) is 14.2. The van der Waals surface area contributed by atoms with E-state index in [4.69, 9.17) is 33.2 Å². The maximum Gasteiger partial charge on any atom is 0.333 e. The fraction of sp³-hybridized carbons (Fsp3) is 0.864. The Bertz CT molecular complexity index is 494. The molecular weight excluding hydrogens is 392 g/mol. The van der Waals surface area contributed by atoms with E-state index < -0.39 is 5.97 Å². The Hall–Kier alpha value is -1.03. The van der Waals surface area contributed by atoms with Crippen LogP contribution in [0.15, 0.2) is 12.2 Å². The third-order valence-corrected chi connectivity index (χ3v) is 4.18. The summed E-state index contributed by atoms with van der Waals surface area (Å²) in [5, 5.41) is 0. The van der Waals surface area contributed by atoms with Crippen LogP contribution in [0.4, 0.5) is 0 Å². The van der Waals surface area contributed by atoms with E-state index in [1.807, 2.05) is 27.7 Å². The van der Waals surface area contributed by atoms with Crippen molar-refractivity contribution in [3.05, 3.63) is 12.2 Å². The van der Waals surface area contributed by atoms with Crippen LogP contribution < -0.4 is 0 Å². The van der Waals surface area contributed by atoms with E-state index in [1.165, 1.54) is 0 Å². The lowest BCUT2D eigenvalue weighted by atomic mass is 10.3. The summed E-state index contributed by atoms with van der Waals surface area (Å²) in [6, 6.07) is 0.